The summed E-state index contributed by atoms with van der Waals surface area (Å²) >= 11 is 0. The van der Waals surface area contributed by atoms with Crippen molar-refractivity contribution in [3.05, 3.63) is 35.4 Å². The third-order valence-electron chi connectivity index (χ3n) is 4.05. The molecule has 2 unspecified atom stereocenters. The second-order valence-corrected chi connectivity index (χ2v) is 7.69. The Morgan fingerprint density at radius 2 is 1.86 bits per heavy atom. The lowest BCUT2D eigenvalue weighted by Crippen LogP contribution is -2.54. The van der Waals surface area contributed by atoms with Crippen molar-refractivity contribution in [2.75, 3.05) is 12.3 Å². The Bertz CT molecular complexity index is 601. The van der Waals surface area contributed by atoms with E-state index in [9.17, 15) is 13.2 Å². The Morgan fingerprint density at radius 1 is 1.29 bits per heavy atom. The zero-order chi connectivity index (χ0) is 14.9. The fourth-order valence-electron chi connectivity index (χ4n) is 2.40. The molecule has 0 radical (unpaired) electrons. The normalized spacial score (nSPS) is 24.2. The molecule has 21 heavy (non-hydrogen) atoms. The van der Waals surface area contributed by atoms with Crippen LogP contribution in [0.2, 0.25) is 0 Å². The first-order valence-electron chi connectivity index (χ1n) is 6.68. The van der Waals surface area contributed by atoms with E-state index in [1.165, 1.54) is 0 Å². The molecule has 1 fully saturated rings. The fourth-order valence-corrected chi connectivity index (χ4v) is 3.97. The fraction of sp³-hybridized carbons (Fsp3) is 0.500. The summed E-state index contributed by atoms with van der Waals surface area (Å²) < 4.78 is 23.7. The monoisotopic (exact) mass is 332 g/mol. The van der Waals surface area contributed by atoms with Crippen LogP contribution in [-0.2, 0) is 16.4 Å². The van der Waals surface area contributed by atoms with Crippen molar-refractivity contribution in [1.82, 2.24) is 4.90 Å². The molecule has 7 heteroatoms. The van der Waals surface area contributed by atoms with E-state index in [-0.39, 0.29) is 36.7 Å². The Labute approximate surface area is 131 Å². The summed E-state index contributed by atoms with van der Waals surface area (Å²) in [5, 5.41) is -0.525. The maximum Gasteiger partial charge on any atom is 0.254 e. The molecule has 5 nitrogen and oxygen atoms in total. The first-order chi connectivity index (χ1) is 9.36. The average Bonchev–Trinajstić information content (AvgIpc) is 2.44. The summed E-state index contributed by atoms with van der Waals surface area (Å²) in [6.07, 6.45) is 0. The van der Waals surface area contributed by atoms with Gasteiger partial charge in [0, 0.05) is 24.7 Å². The van der Waals surface area contributed by atoms with Gasteiger partial charge in [0.25, 0.3) is 5.91 Å². The number of hydrogen-bond acceptors (Lipinski definition) is 4. The summed E-state index contributed by atoms with van der Waals surface area (Å²) in [6.45, 7) is 4.14. The molecule has 1 aliphatic heterocycles. The molecular formula is C14H21ClN2O3S. The molecule has 118 valence electrons. The number of benzene rings is 1. The first kappa shape index (κ1) is 17.9. The van der Waals surface area contributed by atoms with Crippen molar-refractivity contribution in [3.63, 3.8) is 0 Å². The minimum atomic E-state index is -3.08. The molecule has 2 atom stereocenters. The number of carbonyl (C=O) groups is 1. The molecule has 0 saturated carbocycles. The Hall–Kier alpha value is -1.11. The SMILES string of the molecule is CC1C(C)S(=O)(=O)CCN1C(=O)c1ccc(CN)cc1.Cl. The molecule has 0 spiro atoms. The number of amides is 1. The average molecular weight is 333 g/mol. The second kappa shape index (κ2) is 6.77. The van der Waals surface area contributed by atoms with Crippen molar-refractivity contribution < 1.29 is 13.2 Å². The molecule has 0 aliphatic carbocycles. The lowest BCUT2D eigenvalue weighted by atomic mass is 10.1. The van der Waals surface area contributed by atoms with Gasteiger partial charge >= 0.3 is 0 Å². The largest absolute Gasteiger partial charge is 0.334 e. The highest BCUT2D eigenvalue weighted by molar-refractivity contribution is 7.92. The van der Waals surface area contributed by atoms with Crippen molar-refractivity contribution in [3.8, 4) is 0 Å². The Morgan fingerprint density at radius 3 is 2.38 bits per heavy atom. The maximum atomic E-state index is 12.5. The van der Waals surface area contributed by atoms with E-state index in [4.69, 9.17) is 5.73 Å². The Kier molecular flexibility index (Phi) is 5.78. The summed E-state index contributed by atoms with van der Waals surface area (Å²) in [4.78, 5) is 14.1. The molecule has 1 aromatic rings. The van der Waals surface area contributed by atoms with Gasteiger partial charge in [0.1, 0.15) is 0 Å². The van der Waals surface area contributed by atoms with Gasteiger partial charge in [-0.25, -0.2) is 8.42 Å². The van der Waals surface area contributed by atoms with Gasteiger partial charge in [-0.1, -0.05) is 12.1 Å². The van der Waals surface area contributed by atoms with Gasteiger partial charge in [0.15, 0.2) is 9.84 Å². The van der Waals surface area contributed by atoms with Gasteiger partial charge in [-0.2, -0.15) is 0 Å². The van der Waals surface area contributed by atoms with Crippen LogP contribution in [0.4, 0.5) is 0 Å². The van der Waals surface area contributed by atoms with Crippen LogP contribution in [0.15, 0.2) is 24.3 Å². The maximum absolute atomic E-state index is 12.5. The van der Waals surface area contributed by atoms with E-state index < -0.39 is 15.1 Å². The van der Waals surface area contributed by atoms with Gasteiger partial charge in [-0.3, -0.25) is 4.79 Å². The van der Waals surface area contributed by atoms with Gasteiger partial charge in [0.2, 0.25) is 0 Å². The molecule has 0 bridgehead atoms. The minimum absolute atomic E-state index is 0. The molecule has 1 heterocycles. The number of nitrogens with two attached hydrogens (primary N) is 1. The second-order valence-electron chi connectivity index (χ2n) is 5.21. The van der Waals surface area contributed by atoms with E-state index in [1.54, 1.807) is 30.9 Å². The van der Waals surface area contributed by atoms with E-state index >= 15 is 0 Å². The van der Waals surface area contributed by atoms with Crippen molar-refractivity contribution >= 4 is 28.2 Å². The number of rotatable bonds is 2. The van der Waals surface area contributed by atoms with Crippen molar-refractivity contribution in [2.45, 2.75) is 31.7 Å². The van der Waals surface area contributed by atoms with Gasteiger partial charge in [0.05, 0.1) is 11.0 Å². The standard InChI is InChI=1S/C14H20N2O3S.ClH/c1-10-11(2)20(18,19)8-7-16(10)14(17)13-5-3-12(9-15)4-6-13;/h3-6,10-11H,7-9,15H2,1-2H3;1H. The third kappa shape index (κ3) is 3.56. The van der Waals surface area contributed by atoms with Gasteiger partial charge in [-0.05, 0) is 31.5 Å². The van der Waals surface area contributed by atoms with Crippen LogP contribution in [0.1, 0.15) is 29.8 Å². The zero-order valence-corrected chi connectivity index (χ0v) is 13.8. The van der Waals surface area contributed by atoms with Crippen LogP contribution >= 0.6 is 12.4 Å². The first-order valence-corrected chi connectivity index (χ1v) is 8.40. The van der Waals surface area contributed by atoms with E-state index in [0.29, 0.717) is 12.1 Å². The number of halogens is 1. The van der Waals surface area contributed by atoms with Crippen molar-refractivity contribution in [1.29, 1.82) is 0 Å². The lowest BCUT2D eigenvalue weighted by molar-refractivity contribution is 0.0693. The Balaban J connectivity index is 0.00000220. The molecule has 0 aromatic heterocycles. The highest BCUT2D eigenvalue weighted by atomic mass is 35.5. The molecular weight excluding hydrogens is 312 g/mol. The van der Waals surface area contributed by atoms with Crippen LogP contribution in [0.3, 0.4) is 0 Å². The van der Waals surface area contributed by atoms with Crippen LogP contribution in [-0.4, -0.2) is 42.8 Å². The lowest BCUT2D eigenvalue weighted by Gasteiger charge is -2.37. The van der Waals surface area contributed by atoms with Gasteiger partial charge < -0.3 is 10.6 Å². The number of sulfone groups is 1. The van der Waals surface area contributed by atoms with E-state index in [1.807, 2.05) is 12.1 Å². The molecule has 1 aliphatic rings. The quantitative estimate of drug-likeness (QED) is 0.882. The highest BCUT2D eigenvalue weighted by Gasteiger charge is 2.38. The van der Waals surface area contributed by atoms with Crippen LogP contribution in [0, 0.1) is 0 Å². The highest BCUT2D eigenvalue weighted by Crippen LogP contribution is 2.21. The summed E-state index contributed by atoms with van der Waals surface area (Å²) in [5.41, 5.74) is 7.06. The molecule has 2 N–H and O–H groups in total. The minimum Gasteiger partial charge on any atom is -0.334 e. The summed E-state index contributed by atoms with van der Waals surface area (Å²) in [5.74, 6) is -0.0895. The number of hydrogen-bond donors (Lipinski definition) is 1. The van der Waals surface area contributed by atoms with Crippen LogP contribution in [0.5, 0.6) is 0 Å². The third-order valence-corrected chi connectivity index (χ3v) is 6.33. The zero-order valence-electron chi connectivity index (χ0n) is 12.2. The van der Waals surface area contributed by atoms with Crippen molar-refractivity contribution in [2.24, 2.45) is 5.73 Å². The summed E-state index contributed by atoms with van der Waals surface area (Å²) in [7, 11) is -3.08. The molecule has 1 amide bonds. The van der Waals surface area contributed by atoms with E-state index in [2.05, 4.69) is 0 Å². The van der Waals surface area contributed by atoms with Crippen LogP contribution in [0.25, 0.3) is 0 Å². The van der Waals surface area contributed by atoms with E-state index in [0.717, 1.165) is 5.56 Å². The summed E-state index contributed by atoms with van der Waals surface area (Å²) in [6, 6.07) is 6.82. The topological polar surface area (TPSA) is 80.5 Å². The molecule has 1 saturated heterocycles. The smallest absolute Gasteiger partial charge is 0.254 e. The number of nitrogens with zero attached hydrogens (tertiary/aromatic N) is 1. The number of carbonyl (C=O) groups excluding carboxylic acids is 1. The predicted octanol–water partition coefficient (Wildman–Crippen LogP) is 1.21. The predicted molar refractivity (Wildman–Crippen MR) is 85.3 cm³/mol. The van der Waals surface area contributed by atoms with Gasteiger partial charge in [-0.15, -0.1) is 12.4 Å². The molecule has 2 rings (SSSR count). The molecule has 1 aromatic carbocycles. The van der Waals surface area contributed by atoms with Crippen LogP contribution < -0.4 is 5.73 Å².